The van der Waals surface area contributed by atoms with Gasteiger partial charge in [-0.3, -0.25) is 14.3 Å². The predicted octanol–water partition coefficient (Wildman–Crippen LogP) is 6.57. The van der Waals surface area contributed by atoms with Crippen LogP contribution in [0.25, 0.3) is 10.8 Å². The Kier molecular flexibility index (Phi) is 10.00. The number of sulfonamides is 1. The smallest absolute Gasteiger partial charge is 0.410 e. The molecular weight excluding hydrogens is 663 g/mol. The van der Waals surface area contributed by atoms with Crippen molar-refractivity contribution < 1.29 is 27.5 Å². The first-order chi connectivity index (χ1) is 22.2. The molecule has 1 saturated heterocycles. The van der Waals surface area contributed by atoms with E-state index in [-0.39, 0.29) is 39.4 Å². The third kappa shape index (κ3) is 8.34. The Labute approximate surface area is 283 Å². The van der Waals surface area contributed by atoms with E-state index in [0.29, 0.717) is 53.8 Å². The van der Waals surface area contributed by atoms with Crippen molar-refractivity contribution in [3.05, 3.63) is 106 Å². The third-order valence-electron chi connectivity index (χ3n) is 7.43. The van der Waals surface area contributed by atoms with Gasteiger partial charge in [0, 0.05) is 59.3 Å². The molecule has 0 radical (unpaired) electrons. The zero-order chi connectivity index (χ0) is 33.9. The van der Waals surface area contributed by atoms with Crippen LogP contribution in [-0.2, 0) is 21.3 Å². The van der Waals surface area contributed by atoms with Gasteiger partial charge < -0.3 is 19.9 Å². The van der Waals surface area contributed by atoms with Gasteiger partial charge in [-0.25, -0.2) is 13.2 Å². The summed E-state index contributed by atoms with van der Waals surface area (Å²) in [6, 6.07) is 21.1. The molecule has 0 aliphatic carbocycles. The number of ether oxygens (including phenoxy) is 1. The minimum atomic E-state index is -4.03. The van der Waals surface area contributed by atoms with Gasteiger partial charge >= 0.3 is 6.09 Å². The van der Waals surface area contributed by atoms with Crippen molar-refractivity contribution in [1.82, 2.24) is 15.1 Å². The second-order valence-electron chi connectivity index (χ2n) is 12.1. The maximum atomic E-state index is 13.3. The number of amides is 3. The van der Waals surface area contributed by atoms with Crippen LogP contribution < -0.4 is 10.0 Å². The van der Waals surface area contributed by atoms with Crippen molar-refractivity contribution in [3.8, 4) is 0 Å². The number of carbonyl (C=O) groups is 3. The summed E-state index contributed by atoms with van der Waals surface area (Å²) in [5, 5.41) is 4.37. The van der Waals surface area contributed by atoms with Crippen molar-refractivity contribution in [2.75, 3.05) is 30.9 Å². The van der Waals surface area contributed by atoms with Gasteiger partial charge in [-0.15, -0.1) is 0 Å². The molecule has 1 aliphatic rings. The van der Waals surface area contributed by atoms with Crippen LogP contribution in [0.3, 0.4) is 0 Å². The number of hydrogen-bond donors (Lipinski definition) is 2. The van der Waals surface area contributed by atoms with Crippen LogP contribution in [0.5, 0.6) is 0 Å². The Morgan fingerprint density at radius 2 is 1.40 bits per heavy atom. The molecule has 0 unspecified atom stereocenters. The SMILES string of the molecule is CC(C)(C)OC(=O)N1CCN(C(=O)c2ccc(CNC(=O)c3cccc4c(NS(=O)(=O)c5cc(Cl)cc(Cl)c5)cccc34)cc2)CC1. The van der Waals surface area contributed by atoms with Gasteiger partial charge in [0.1, 0.15) is 5.60 Å². The standard InChI is InChI=1S/C34H34Cl2N4O6S/c1-34(2,3)46-33(43)40-16-14-39(15-17-40)32(42)23-12-10-22(11-13-23)21-37-31(41)29-8-4-7-28-27(29)6-5-9-30(28)38-47(44,45)26-19-24(35)18-25(36)20-26/h4-13,18-20,38H,14-17,21H2,1-3H3,(H,37,41). The minimum absolute atomic E-state index is 0.0885. The third-order valence-corrected chi connectivity index (χ3v) is 9.21. The lowest BCUT2D eigenvalue weighted by atomic mass is 10.0. The van der Waals surface area contributed by atoms with E-state index in [9.17, 15) is 22.8 Å². The van der Waals surface area contributed by atoms with Crippen molar-refractivity contribution in [3.63, 3.8) is 0 Å². The molecule has 10 nitrogen and oxygen atoms in total. The Morgan fingerprint density at radius 1 is 0.809 bits per heavy atom. The number of piperazine rings is 1. The van der Waals surface area contributed by atoms with Gasteiger partial charge in [0.15, 0.2) is 0 Å². The van der Waals surface area contributed by atoms with Crippen LogP contribution >= 0.6 is 23.2 Å². The number of anilines is 1. The second kappa shape index (κ2) is 13.8. The van der Waals surface area contributed by atoms with Crippen LogP contribution in [0, 0.1) is 0 Å². The molecule has 0 atom stereocenters. The number of nitrogens with zero attached hydrogens (tertiary/aromatic N) is 2. The molecule has 3 amide bonds. The lowest BCUT2D eigenvalue weighted by molar-refractivity contribution is 0.0141. The summed E-state index contributed by atoms with van der Waals surface area (Å²) >= 11 is 12.0. The highest BCUT2D eigenvalue weighted by atomic mass is 35.5. The van der Waals surface area contributed by atoms with Crippen LogP contribution in [0.4, 0.5) is 10.5 Å². The van der Waals surface area contributed by atoms with Gasteiger partial charge in [0.25, 0.3) is 21.8 Å². The lowest BCUT2D eigenvalue weighted by Gasteiger charge is -2.35. The summed E-state index contributed by atoms with van der Waals surface area (Å²) in [6.45, 7) is 7.24. The average Bonchev–Trinajstić information content (AvgIpc) is 3.02. The summed E-state index contributed by atoms with van der Waals surface area (Å²) in [5.41, 5.74) is 1.38. The number of rotatable bonds is 7. The van der Waals surface area contributed by atoms with E-state index in [1.165, 1.54) is 18.2 Å². The second-order valence-corrected chi connectivity index (χ2v) is 14.6. The van der Waals surface area contributed by atoms with Crippen molar-refractivity contribution in [1.29, 1.82) is 0 Å². The van der Waals surface area contributed by atoms with Gasteiger partial charge in [-0.2, -0.15) is 0 Å². The monoisotopic (exact) mass is 696 g/mol. The van der Waals surface area contributed by atoms with Crippen LogP contribution in [-0.4, -0.2) is 67.9 Å². The quantitative estimate of drug-likeness (QED) is 0.225. The van der Waals surface area contributed by atoms with E-state index in [1.807, 2.05) is 20.8 Å². The van der Waals surface area contributed by atoms with Crippen LogP contribution in [0.15, 0.2) is 83.8 Å². The maximum absolute atomic E-state index is 13.3. The molecule has 1 heterocycles. The van der Waals surface area contributed by atoms with E-state index in [2.05, 4.69) is 10.0 Å². The van der Waals surface area contributed by atoms with Gasteiger partial charge in [-0.1, -0.05) is 59.6 Å². The molecule has 4 aromatic rings. The Hall–Kier alpha value is -4.32. The highest BCUT2D eigenvalue weighted by Crippen LogP contribution is 2.30. The van der Waals surface area contributed by atoms with E-state index in [0.717, 1.165) is 5.56 Å². The maximum Gasteiger partial charge on any atom is 0.410 e. The Morgan fingerprint density at radius 3 is 2.04 bits per heavy atom. The molecule has 0 saturated carbocycles. The van der Waals surface area contributed by atoms with Crippen molar-refractivity contribution >= 4 is 67.6 Å². The zero-order valence-electron chi connectivity index (χ0n) is 26.0. The number of nitrogens with one attached hydrogen (secondary N) is 2. The zero-order valence-corrected chi connectivity index (χ0v) is 28.4. The summed E-state index contributed by atoms with van der Waals surface area (Å²) in [5.74, 6) is -0.481. The summed E-state index contributed by atoms with van der Waals surface area (Å²) in [4.78, 5) is 41.9. The number of benzene rings is 4. The average molecular weight is 698 g/mol. The van der Waals surface area contributed by atoms with Crippen LogP contribution in [0.1, 0.15) is 47.1 Å². The van der Waals surface area contributed by atoms with E-state index >= 15 is 0 Å². The molecule has 0 spiro atoms. The van der Waals surface area contributed by atoms with Crippen molar-refractivity contribution in [2.24, 2.45) is 0 Å². The number of fused-ring (bicyclic) bond motifs is 1. The first-order valence-electron chi connectivity index (χ1n) is 14.9. The van der Waals surface area contributed by atoms with Gasteiger partial charge in [0.2, 0.25) is 0 Å². The fraction of sp³-hybridized carbons (Fsp3) is 0.265. The fourth-order valence-electron chi connectivity index (χ4n) is 5.13. The molecule has 13 heteroatoms. The van der Waals surface area contributed by atoms with E-state index < -0.39 is 15.6 Å². The molecular formula is C34H34Cl2N4O6S. The van der Waals surface area contributed by atoms with Crippen molar-refractivity contribution in [2.45, 2.75) is 37.8 Å². The first-order valence-corrected chi connectivity index (χ1v) is 17.1. The first kappa shape index (κ1) is 34.0. The van der Waals surface area contributed by atoms with Gasteiger partial charge in [-0.05, 0) is 74.2 Å². The minimum Gasteiger partial charge on any atom is -0.444 e. The van der Waals surface area contributed by atoms with E-state index in [4.69, 9.17) is 27.9 Å². The Bertz CT molecular complexity index is 1920. The molecule has 0 bridgehead atoms. The fourth-order valence-corrected chi connectivity index (χ4v) is 6.93. The molecule has 5 rings (SSSR count). The summed E-state index contributed by atoms with van der Waals surface area (Å²) in [7, 11) is -4.03. The molecule has 246 valence electrons. The normalized spacial score (nSPS) is 13.7. The highest BCUT2D eigenvalue weighted by Gasteiger charge is 2.28. The molecule has 1 fully saturated rings. The molecule has 4 aromatic carbocycles. The summed E-state index contributed by atoms with van der Waals surface area (Å²) in [6.07, 6.45) is -0.385. The highest BCUT2D eigenvalue weighted by molar-refractivity contribution is 7.92. The summed E-state index contributed by atoms with van der Waals surface area (Å²) < 4.78 is 34.2. The topological polar surface area (TPSA) is 125 Å². The molecule has 47 heavy (non-hydrogen) atoms. The largest absolute Gasteiger partial charge is 0.444 e. The number of hydrogen-bond acceptors (Lipinski definition) is 6. The number of carbonyl (C=O) groups excluding carboxylic acids is 3. The predicted molar refractivity (Wildman–Crippen MR) is 183 cm³/mol. The Balaban J connectivity index is 1.21. The molecule has 1 aliphatic heterocycles. The number of halogens is 2. The molecule has 0 aromatic heterocycles. The van der Waals surface area contributed by atoms with E-state index in [1.54, 1.807) is 70.5 Å². The molecule has 2 N–H and O–H groups in total. The van der Waals surface area contributed by atoms with Crippen LogP contribution in [0.2, 0.25) is 10.0 Å². The van der Waals surface area contributed by atoms with Gasteiger partial charge in [0.05, 0.1) is 10.6 Å². The lowest BCUT2D eigenvalue weighted by Crippen LogP contribution is -2.51.